The minimum Gasteiger partial charge on any atom is -0.495 e. The zero-order valence-corrected chi connectivity index (χ0v) is 13.5. The maximum atomic E-state index is 12.8. The van der Waals surface area contributed by atoms with E-state index in [1.807, 2.05) is 0 Å². The van der Waals surface area contributed by atoms with Gasteiger partial charge in [-0.2, -0.15) is 0 Å². The van der Waals surface area contributed by atoms with Crippen molar-refractivity contribution in [1.29, 1.82) is 0 Å². The van der Waals surface area contributed by atoms with Gasteiger partial charge in [-0.25, -0.2) is 4.39 Å². The number of hydrogen-bond donors (Lipinski definition) is 1. The van der Waals surface area contributed by atoms with Crippen molar-refractivity contribution in [2.75, 3.05) is 18.2 Å². The summed E-state index contributed by atoms with van der Waals surface area (Å²) < 4.78 is 17.8. The number of thioether (sulfide) groups is 1. The fourth-order valence-corrected chi connectivity index (χ4v) is 2.83. The first-order chi connectivity index (χ1) is 10.6. The van der Waals surface area contributed by atoms with E-state index in [1.165, 1.54) is 31.0 Å². The van der Waals surface area contributed by atoms with E-state index >= 15 is 0 Å². The first kappa shape index (κ1) is 16.6. The van der Waals surface area contributed by atoms with Crippen LogP contribution in [0.2, 0.25) is 5.02 Å². The lowest BCUT2D eigenvalue weighted by molar-refractivity contribution is -0.113. The van der Waals surface area contributed by atoms with Crippen LogP contribution in [0.5, 0.6) is 5.75 Å². The molecule has 0 aliphatic heterocycles. The van der Waals surface area contributed by atoms with E-state index in [4.69, 9.17) is 16.3 Å². The highest BCUT2D eigenvalue weighted by Crippen LogP contribution is 2.27. The molecule has 0 aromatic heterocycles. The van der Waals surface area contributed by atoms with Gasteiger partial charge in [0.2, 0.25) is 5.91 Å². The van der Waals surface area contributed by atoms with Gasteiger partial charge in [0.25, 0.3) is 0 Å². The molecule has 3 nitrogen and oxygen atoms in total. The van der Waals surface area contributed by atoms with E-state index in [0.29, 0.717) is 28.0 Å². The van der Waals surface area contributed by atoms with Crippen LogP contribution in [0.3, 0.4) is 0 Å². The van der Waals surface area contributed by atoms with Gasteiger partial charge in [0, 0.05) is 11.4 Å². The average molecular weight is 340 g/mol. The van der Waals surface area contributed by atoms with Gasteiger partial charge in [-0.3, -0.25) is 4.79 Å². The number of anilines is 1. The zero-order chi connectivity index (χ0) is 15.9. The van der Waals surface area contributed by atoms with Gasteiger partial charge in [0.05, 0.1) is 17.9 Å². The minimum atomic E-state index is -0.261. The smallest absolute Gasteiger partial charge is 0.234 e. The fraction of sp³-hybridized carbons (Fsp3) is 0.188. The van der Waals surface area contributed by atoms with E-state index in [9.17, 15) is 9.18 Å². The molecule has 1 amide bonds. The number of methoxy groups -OCH3 is 1. The predicted octanol–water partition coefficient (Wildman–Crippen LogP) is 4.36. The van der Waals surface area contributed by atoms with Gasteiger partial charge in [0.1, 0.15) is 11.6 Å². The molecule has 0 aliphatic rings. The van der Waals surface area contributed by atoms with Crippen molar-refractivity contribution in [3.63, 3.8) is 0 Å². The van der Waals surface area contributed by atoms with Crippen LogP contribution in [0.25, 0.3) is 0 Å². The molecule has 0 spiro atoms. The number of hydrogen-bond acceptors (Lipinski definition) is 3. The topological polar surface area (TPSA) is 38.3 Å². The van der Waals surface area contributed by atoms with E-state index < -0.39 is 0 Å². The third-order valence-corrected chi connectivity index (χ3v) is 4.15. The Labute approximate surface area is 137 Å². The Morgan fingerprint density at radius 3 is 2.64 bits per heavy atom. The summed E-state index contributed by atoms with van der Waals surface area (Å²) in [5.41, 5.74) is 1.60. The van der Waals surface area contributed by atoms with Crippen LogP contribution in [-0.4, -0.2) is 18.8 Å². The number of ether oxygens (including phenoxy) is 1. The fourth-order valence-electron chi connectivity index (χ4n) is 1.78. The maximum absolute atomic E-state index is 12.8. The van der Waals surface area contributed by atoms with Crippen LogP contribution >= 0.6 is 23.4 Å². The van der Waals surface area contributed by atoms with Crippen molar-refractivity contribution < 1.29 is 13.9 Å². The minimum absolute atomic E-state index is 0.117. The molecule has 1 N–H and O–H groups in total. The molecule has 0 aliphatic carbocycles. The average Bonchev–Trinajstić information content (AvgIpc) is 2.49. The van der Waals surface area contributed by atoms with Crippen LogP contribution in [-0.2, 0) is 10.5 Å². The highest BCUT2D eigenvalue weighted by atomic mass is 35.5. The predicted molar refractivity (Wildman–Crippen MR) is 89.2 cm³/mol. The highest BCUT2D eigenvalue weighted by molar-refractivity contribution is 7.99. The summed E-state index contributed by atoms with van der Waals surface area (Å²) in [6.45, 7) is 0. The second-order valence-corrected chi connectivity index (χ2v) is 5.91. The van der Waals surface area contributed by atoms with Crippen molar-refractivity contribution in [2.45, 2.75) is 5.75 Å². The molecule has 2 aromatic rings. The van der Waals surface area contributed by atoms with Crippen LogP contribution in [0.15, 0.2) is 42.5 Å². The van der Waals surface area contributed by atoms with Crippen molar-refractivity contribution in [3.05, 3.63) is 58.9 Å². The van der Waals surface area contributed by atoms with Crippen molar-refractivity contribution in [3.8, 4) is 5.75 Å². The van der Waals surface area contributed by atoms with Crippen molar-refractivity contribution in [2.24, 2.45) is 0 Å². The summed E-state index contributed by atoms with van der Waals surface area (Å²) in [5.74, 6) is 1.14. The van der Waals surface area contributed by atoms with Gasteiger partial charge >= 0.3 is 0 Å². The number of carbonyl (C=O) groups excluding carboxylic acids is 1. The number of benzene rings is 2. The number of carbonyl (C=O) groups is 1. The number of rotatable bonds is 6. The first-order valence-corrected chi connectivity index (χ1v) is 8.07. The third-order valence-electron chi connectivity index (χ3n) is 2.85. The molecule has 0 radical (unpaired) electrons. The second kappa shape index (κ2) is 8.06. The molecule has 0 heterocycles. The number of nitrogens with one attached hydrogen (secondary N) is 1. The lowest BCUT2D eigenvalue weighted by Crippen LogP contribution is -2.14. The van der Waals surface area contributed by atoms with E-state index in [-0.39, 0.29) is 11.7 Å². The van der Waals surface area contributed by atoms with E-state index in [1.54, 1.807) is 30.3 Å². The Morgan fingerprint density at radius 2 is 2.00 bits per heavy atom. The molecule has 0 saturated carbocycles. The van der Waals surface area contributed by atoms with Gasteiger partial charge in [-0.05, 0) is 35.9 Å². The molecular formula is C16H15ClFNO2S. The lowest BCUT2D eigenvalue weighted by Gasteiger charge is -2.08. The van der Waals surface area contributed by atoms with Crippen LogP contribution in [0, 0.1) is 5.82 Å². The molecule has 6 heteroatoms. The molecule has 0 atom stereocenters. The van der Waals surface area contributed by atoms with Gasteiger partial charge in [0.15, 0.2) is 0 Å². The summed E-state index contributed by atoms with van der Waals surface area (Å²) in [6.07, 6.45) is 0. The lowest BCUT2D eigenvalue weighted by atomic mass is 10.2. The number of amides is 1. The largest absolute Gasteiger partial charge is 0.495 e. The Hall–Kier alpha value is -1.72. The molecule has 22 heavy (non-hydrogen) atoms. The SMILES string of the molecule is COc1ccc(NC(=O)CSCc2ccc(F)cc2)cc1Cl. The first-order valence-electron chi connectivity index (χ1n) is 6.54. The molecule has 2 rings (SSSR count). The summed E-state index contributed by atoms with van der Waals surface area (Å²) in [6, 6.07) is 11.3. The Bertz CT molecular complexity index is 649. The van der Waals surface area contributed by atoms with Gasteiger partial charge in [-0.1, -0.05) is 23.7 Å². The molecule has 0 bridgehead atoms. The summed E-state index contributed by atoms with van der Waals surface area (Å²) in [5, 5.41) is 3.21. The van der Waals surface area contributed by atoms with Crippen LogP contribution < -0.4 is 10.1 Å². The quantitative estimate of drug-likeness (QED) is 0.849. The summed E-state index contributed by atoms with van der Waals surface area (Å²) in [7, 11) is 1.53. The standard InChI is InChI=1S/C16H15ClFNO2S/c1-21-15-7-6-13(8-14(15)17)19-16(20)10-22-9-11-2-4-12(18)5-3-11/h2-8H,9-10H2,1H3,(H,19,20). The highest BCUT2D eigenvalue weighted by Gasteiger charge is 2.06. The molecule has 2 aromatic carbocycles. The Balaban J connectivity index is 1.80. The molecule has 0 saturated heterocycles. The maximum Gasteiger partial charge on any atom is 0.234 e. The zero-order valence-electron chi connectivity index (χ0n) is 11.9. The Kier molecular flexibility index (Phi) is 6.10. The van der Waals surface area contributed by atoms with E-state index in [2.05, 4.69) is 5.32 Å². The molecule has 116 valence electrons. The molecular weight excluding hydrogens is 325 g/mol. The number of halogens is 2. The molecule has 0 unspecified atom stereocenters. The van der Waals surface area contributed by atoms with Crippen molar-refractivity contribution in [1.82, 2.24) is 0 Å². The summed E-state index contributed by atoms with van der Waals surface area (Å²) >= 11 is 7.46. The molecule has 0 fully saturated rings. The second-order valence-electron chi connectivity index (χ2n) is 4.52. The van der Waals surface area contributed by atoms with Crippen molar-refractivity contribution >= 4 is 35.0 Å². The van der Waals surface area contributed by atoms with Crippen LogP contribution in [0.1, 0.15) is 5.56 Å². The van der Waals surface area contributed by atoms with E-state index in [0.717, 1.165) is 5.56 Å². The van der Waals surface area contributed by atoms with Crippen LogP contribution in [0.4, 0.5) is 10.1 Å². The van der Waals surface area contributed by atoms with Gasteiger partial charge < -0.3 is 10.1 Å². The van der Waals surface area contributed by atoms with Gasteiger partial charge in [-0.15, -0.1) is 11.8 Å². The monoisotopic (exact) mass is 339 g/mol. The normalized spacial score (nSPS) is 10.3. The Morgan fingerprint density at radius 1 is 1.27 bits per heavy atom. The summed E-state index contributed by atoms with van der Waals surface area (Å²) in [4.78, 5) is 11.9. The third kappa shape index (κ3) is 4.93.